The zero-order valence-electron chi connectivity index (χ0n) is 9.69. The van der Waals surface area contributed by atoms with Gasteiger partial charge in [-0.05, 0) is 32.1 Å². The van der Waals surface area contributed by atoms with E-state index < -0.39 is 11.5 Å². The number of aliphatic hydroxyl groups is 1. The van der Waals surface area contributed by atoms with E-state index in [0.717, 1.165) is 19.3 Å². The van der Waals surface area contributed by atoms with Crippen LogP contribution < -0.4 is 5.32 Å². The number of carbonyl (C=O) groups excluding carboxylic acids is 1. The van der Waals surface area contributed by atoms with Crippen molar-refractivity contribution in [2.75, 3.05) is 13.2 Å². The maximum Gasteiger partial charge on any atom is 0.329 e. The third-order valence-corrected chi connectivity index (χ3v) is 3.81. The first kappa shape index (κ1) is 12.2. The number of nitrogens with one attached hydrogen (secondary N) is 1. The number of rotatable bonds is 3. The monoisotopic (exact) mass is 242 g/mol. The maximum absolute atomic E-state index is 12.0. The summed E-state index contributed by atoms with van der Waals surface area (Å²) in [4.78, 5) is 24.6. The first-order chi connectivity index (χ1) is 8.09. The van der Waals surface area contributed by atoms with Gasteiger partial charge < -0.3 is 20.4 Å². The molecule has 0 spiro atoms. The van der Waals surface area contributed by atoms with E-state index in [2.05, 4.69) is 5.32 Å². The number of likely N-dealkylation sites (tertiary alicyclic amines) is 1. The molecule has 0 aromatic carbocycles. The lowest BCUT2D eigenvalue weighted by atomic mass is 9.77. The minimum absolute atomic E-state index is 0.0620. The van der Waals surface area contributed by atoms with Crippen LogP contribution in [0.1, 0.15) is 32.1 Å². The Kier molecular flexibility index (Phi) is 3.24. The molecule has 1 unspecified atom stereocenters. The summed E-state index contributed by atoms with van der Waals surface area (Å²) in [7, 11) is 0. The zero-order valence-corrected chi connectivity index (χ0v) is 9.69. The molecule has 17 heavy (non-hydrogen) atoms. The van der Waals surface area contributed by atoms with Crippen molar-refractivity contribution >= 4 is 12.0 Å². The van der Waals surface area contributed by atoms with Crippen molar-refractivity contribution in [1.82, 2.24) is 10.2 Å². The number of aliphatic carboxylic acids is 1. The number of carboxylic acids is 1. The highest BCUT2D eigenvalue weighted by atomic mass is 16.4. The van der Waals surface area contributed by atoms with Crippen LogP contribution in [-0.4, -0.2) is 51.8 Å². The van der Waals surface area contributed by atoms with Gasteiger partial charge in [-0.15, -0.1) is 0 Å². The van der Waals surface area contributed by atoms with Crippen molar-refractivity contribution in [2.45, 2.75) is 43.7 Å². The molecule has 1 saturated heterocycles. The summed E-state index contributed by atoms with van der Waals surface area (Å²) >= 11 is 0. The highest BCUT2D eigenvalue weighted by Crippen LogP contribution is 2.32. The average Bonchev–Trinajstić information content (AvgIpc) is 2.70. The van der Waals surface area contributed by atoms with E-state index in [1.165, 1.54) is 0 Å². The average molecular weight is 242 g/mol. The van der Waals surface area contributed by atoms with Gasteiger partial charge in [0, 0.05) is 6.54 Å². The first-order valence-corrected chi connectivity index (χ1v) is 6.02. The minimum atomic E-state index is -1.07. The van der Waals surface area contributed by atoms with Crippen LogP contribution in [0.4, 0.5) is 4.79 Å². The molecule has 0 aromatic rings. The van der Waals surface area contributed by atoms with E-state index in [1.54, 1.807) is 4.90 Å². The number of amides is 2. The molecule has 96 valence electrons. The molecule has 6 heteroatoms. The molecular weight excluding hydrogens is 224 g/mol. The normalized spacial score (nSPS) is 26.4. The molecular formula is C11H18N2O4. The number of hydrogen-bond acceptors (Lipinski definition) is 3. The van der Waals surface area contributed by atoms with Gasteiger partial charge in [0.05, 0.1) is 12.6 Å². The van der Waals surface area contributed by atoms with E-state index >= 15 is 0 Å². The van der Waals surface area contributed by atoms with Gasteiger partial charge in [0.15, 0.2) is 0 Å². The van der Waals surface area contributed by atoms with Crippen molar-refractivity contribution in [3.63, 3.8) is 0 Å². The number of carbonyl (C=O) groups is 2. The van der Waals surface area contributed by atoms with Crippen molar-refractivity contribution in [1.29, 1.82) is 0 Å². The molecule has 0 radical (unpaired) electrons. The molecule has 1 aliphatic carbocycles. The standard InChI is InChI=1S/C11H18N2O4/c14-7-8-3-1-6-13(8)10(17)12-11(9(15)16)4-2-5-11/h8,14H,1-7H2,(H,12,17)(H,15,16). The van der Waals surface area contributed by atoms with Crippen molar-refractivity contribution < 1.29 is 19.8 Å². The van der Waals surface area contributed by atoms with Crippen molar-refractivity contribution in [3.05, 3.63) is 0 Å². The lowest BCUT2D eigenvalue weighted by Gasteiger charge is -2.39. The van der Waals surface area contributed by atoms with Gasteiger partial charge in [0.25, 0.3) is 0 Å². The van der Waals surface area contributed by atoms with Gasteiger partial charge >= 0.3 is 12.0 Å². The topological polar surface area (TPSA) is 89.9 Å². The number of nitrogens with zero attached hydrogens (tertiary/aromatic N) is 1. The lowest BCUT2D eigenvalue weighted by molar-refractivity contribution is -0.148. The van der Waals surface area contributed by atoms with Crippen molar-refractivity contribution in [2.24, 2.45) is 0 Å². The maximum atomic E-state index is 12.0. The van der Waals surface area contributed by atoms with Crippen LogP contribution in [0.2, 0.25) is 0 Å². The molecule has 2 amide bonds. The summed E-state index contributed by atoms with van der Waals surface area (Å²) in [6.45, 7) is 0.528. The lowest BCUT2D eigenvalue weighted by Crippen LogP contribution is -2.62. The second kappa shape index (κ2) is 4.52. The summed E-state index contributed by atoms with van der Waals surface area (Å²) < 4.78 is 0. The highest BCUT2D eigenvalue weighted by molar-refractivity contribution is 5.87. The van der Waals surface area contributed by atoms with E-state index in [-0.39, 0.29) is 18.7 Å². The molecule has 2 fully saturated rings. The Morgan fingerprint density at radius 1 is 1.35 bits per heavy atom. The van der Waals surface area contributed by atoms with Crippen LogP contribution in [0.5, 0.6) is 0 Å². The van der Waals surface area contributed by atoms with E-state index in [1.807, 2.05) is 0 Å². The second-order valence-corrected chi connectivity index (χ2v) is 4.84. The van der Waals surface area contributed by atoms with E-state index in [9.17, 15) is 9.59 Å². The summed E-state index contributed by atoms with van der Waals surface area (Å²) in [6, 6.07) is -0.524. The van der Waals surface area contributed by atoms with Crippen LogP contribution in [0, 0.1) is 0 Å². The smallest absolute Gasteiger partial charge is 0.329 e. The SMILES string of the molecule is O=C(NC1(C(=O)O)CCC1)N1CCCC1CO. The quantitative estimate of drug-likeness (QED) is 0.657. The minimum Gasteiger partial charge on any atom is -0.480 e. The number of aliphatic hydroxyl groups excluding tert-OH is 1. The molecule has 1 atom stereocenters. The summed E-state index contributed by atoms with van der Waals surface area (Å²) in [5.74, 6) is -0.961. The first-order valence-electron chi connectivity index (χ1n) is 6.02. The largest absolute Gasteiger partial charge is 0.480 e. The second-order valence-electron chi connectivity index (χ2n) is 4.84. The van der Waals surface area contributed by atoms with Gasteiger partial charge in [-0.25, -0.2) is 9.59 Å². The Labute approximate surface area is 99.6 Å². The molecule has 3 N–H and O–H groups in total. The number of urea groups is 1. The highest BCUT2D eigenvalue weighted by Gasteiger charge is 2.47. The van der Waals surface area contributed by atoms with Gasteiger partial charge in [-0.1, -0.05) is 0 Å². The molecule has 2 rings (SSSR count). The number of carboxylic acid groups (broad SMARTS) is 1. The van der Waals surface area contributed by atoms with Gasteiger partial charge in [0.2, 0.25) is 0 Å². The van der Waals surface area contributed by atoms with Gasteiger partial charge in [0.1, 0.15) is 5.54 Å². The van der Waals surface area contributed by atoms with E-state index in [4.69, 9.17) is 10.2 Å². The Morgan fingerprint density at radius 2 is 2.06 bits per heavy atom. The Bertz CT molecular complexity index is 327. The van der Waals surface area contributed by atoms with Gasteiger partial charge in [-0.3, -0.25) is 0 Å². The summed E-state index contributed by atoms with van der Waals surface area (Å²) in [6.07, 6.45) is 3.45. The summed E-state index contributed by atoms with van der Waals surface area (Å²) in [5.41, 5.74) is -1.07. The van der Waals surface area contributed by atoms with Crippen LogP contribution >= 0.6 is 0 Å². The Morgan fingerprint density at radius 3 is 2.53 bits per heavy atom. The number of hydrogen-bond donors (Lipinski definition) is 3. The summed E-state index contributed by atoms with van der Waals surface area (Å²) in [5, 5.41) is 20.9. The zero-order chi connectivity index (χ0) is 12.5. The molecule has 2 aliphatic rings. The fourth-order valence-electron chi connectivity index (χ4n) is 2.49. The molecule has 1 aliphatic heterocycles. The van der Waals surface area contributed by atoms with Crippen LogP contribution in [-0.2, 0) is 4.79 Å². The molecule has 1 heterocycles. The van der Waals surface area contributed by atoms with Crippen LogP contribution in [0.25, 0.3) is 0 Å². The predicted octanol–water partition coefficient (Wildman–Crippen LogP) is 0.160. The molecule has 1 saturated carbocycles. The molecule has 0 bridgehead atoms. The Hall–Kier alpha value is -1.30. The van der Waals surface area contributed by atoms with Crippen LogP contribution in [0.3, 0.4) is 0 Å². The molecule has 0 aromatic heterocycles. The van der Waals surface area contributed by atoms with Gasteiger partial charge in [-0.2, -0.15) is 0 Å². The molecule has 6 nitrogen and oxygen atoms in total. The third kappa shape index (κ3) is 2.09. The van der Waals surface area contributed by atoms with E-state index in [0.29, 0.717) is 19.4 Å². The third-order valence-electron chi connectivity index (χ3n) is 3.81. The Balaban J connectivity index is 1.99. The predicted molar refractivity (Wildman–Crippen MR) is 59.6 cm³/mol. The van der Waals surface area contributed by atoms with Crippen LogP contribution in [0.15, 0.2) is 0 Å². The van der Waals surface area contributed by atoms with Crippen molar-refractivity contribution in [3.8, 4) is 0 Å². The fourth-order valence-corrected chi connectivity index (χ4v) is 2.49. The fraction of sp³-hybridized carbons (Fsp3) is 0.818.